The van der Waals surface area contributed by atoms with Gasteiger partial charge in [-0.3, -0.25) is 0 Å². The van der Waals surface area contributed by atoms with Crippen molar-refractivity contribution in [1.82, 2.24) is 9.78 Å². The van der Waals surface area contributed by atoms with E-state index in [-0.39, 0.29) is 6.61 Å². The molecule has 1 aromatic carbocycles. The second kappa shape index (κ2) is 6.87. The summed E-state index contributed by atoms with van der Waals surface area (Å²) in [5, 5.41) is 5.01. The molecule has 0 saturated heterocycles. The van der Waals surface area contributed by atoms with Gasteiger partial charge in [0.15, 0.2) is 6.61 Å². The first-order valence-electron chi connectivity index (χ1n) is 6.18. The number of aromatic nitrogens is 2. The van der Waals surface area contributed by atoms with Crippen molar-refractivity contribution in [1.29, 1.82) is 0 Å². The number of benzene rings is 1. The molecule has 1 heterocycles. The van der Waals surface area contributed by atoms with Crippen LogP contribution >= 0.6 is 23.4 Å². The van der Waals surface area contributed by atoms with E-state index in [2.05, 4.69) is 9.84 Å². The normalized spacial score (nSPS) is 10.5. The first-order chi connectivity index (χ1) is 10.0. The summed E-state index contributed by atoms with van der Waals surface area (Å²) in [7, 11) is 3.09. The summed E-state index contributed by atoms with van der Waals surface area (Å²) in [5.41, 5.74) is 0.831. The van der Waals surface area contributed by atoms with Gasteiger partial charge >= 0.3 is 5.97 Å². The SMILES string of the molecule is COC(=O)COc1c(Sc2ccc(Cl)cc2)c(C)nn1C. The minimum atomic E-state index is -0.434. The molecule has 0 N–H and O–H groups in total. The topological polar surface area (TPSA) is 53.4 Å². The largest absolute Gasteiger partial charge is 0.466 e. The third-order valence-corrected chi connectivity index (χ3v) is 4.14. The van der Waals surface area contributed by atoms with Crippen LogP contribution in [0.25, 0.3) is 0 Å². The number of ether oxygens (including phenoxy) is 2. The Labute approximate surface area is 132 Å². The van der Waals surface area contributed by atoms with Crippen molar-refractivity contribution >= 4 is 29.3 Å². The van der Waals surface area contributed by atoms with E-state index < -0.39 is 5.97 Å². The van der Waals surface area contributed by atoms with E-state index in [0.29, 0.717) is 10.9 Å². The summed E-state index contributed by atoms with van der Waals surface area (Å²) in [5.74, 6) is 0.106. The molecule has 1 aromatic heterocycles. The number of hydrogen-bond donors (Lipinski definition) is 0. The Morgan fingerprint density at radius 3 is 2.67 bits per heavy atom. The number of hydrogen-bond acceptors (Lipinski definition) is 5. The molecule has 0 radical (unpaired) electrons. The summed E-state index contributed by atoms with van der Waals surface area (Å²) in [4.78, 5) is 13.1. The van der Waals surface area contributed by atoms with Gasteiger partial charge in [0.05, 0.1) is 17.7 Å². The van der Waals surface area contributed by atoms with Crippen LogP contribution in [0.4, 0.5) is 0 Å². The molecule has 0 saturated carbocycles. The molecular formula is C14H15ClN2O3S. The molecule has 2 aromatic rings. The van der Waals surface area contributed by atoms with Gasteiger partial charge in [0.1, 0.15) is 0 Å². The van der Waals surface area contributed by atoms with E-state index >= 15 is 0 Å². The lowest BCUT2D eigenvalue weighted by atomic mass is 10.4. The lowest BCUT2D eigenvalue weighted by Gasteiger charge is -2.08. The molecule has 0 spiro atoms. The average Bonchev–Trinajstić information content (AvgIpc) is 2.73. The molecule has 21 heavy (non-hydrogen) atoms. The van der Waals surface area contributed by atoms with E-state index in [9.17, 15) is 4.79 Å². The standard InChI is InChI=1S/C14H15ClN2O3S/c1-9-13(21-11-6-4-10(15)5-7-11)14(17(2)16-9)20-8-12(18)19-3/h4-7H,8H2,1-3H3. The summed E-state index contributed by atoms with van der Waals surface area (Å²) < 4.78 is 11.7. The summed E-state index contributed by atoms with van der Waals surface area (Å²) in [6.45, 7) is 1.74. The lowest BCUT2D eigenvalue weighted by Crippen LogP contribution is -2.14. The summed E-state index contributed by atoms with van der Waals surface area (Å²) in [6.07, 6.45) is 0. The monoisotopic (exact) mass is 326 g/mol. The maximum atomic E-state index is 11.2. The number of carbonyl (C=O) groups excluding carboxylic acids is 1. The van der Waals surface area contributed by atoms with E-state index in [1.807, 2.05) is 31.2 Å². The zero-order chi connectivity index (χ0) is 15.4. The van der Waals surface area contributed by atoms with E-state index in [0.717, 1.165) is 15.5 Å². The maximum Gasteiger partial charge on any atom is 0.343 e. The molecule has 0 aliphatic rings. The van der Waals surface area contributed by atoms with Gasteiger partial charge in [-0.05, 0) is 31.2 Å². The van der Waals surface area contributed by atoms with Crippen LogP contribution < -0.4 is 4.74 Å². The molecule has 112 valence electrons. The Balaban J connectivity index is 2.21. The Morgan fingerprint density at radius 1 is 1.38 bits per heavy atom. The quantitative estimate of drug-likeness (QED) is 0.790. The molecule has 0 fully saturated rings. The predicted molar refractivity (Wildman–Crippen MR) is 81.0 cm³/mol. The molecule has 0 aliphatic carbocycles. The molecule has 0 aliphatic heterocycles. The van der Waals surface area contributed by atoms with Crippen LogP contribution in [0.1, 0.15) is 5.69 Å². The third kappa shape index (κ3) is 3.92. The van der Waals surface area contributed by atoms with Gasteiger partial charge < -0.3 is 9.47 Å². The number of aryl methyl sites for hydroxylation is 2. The van der Waals surface area contributed by atoms with Crippen LogP contribution in [-0.4, -0.2) is 29.5 Å². The van der Waals surface area contributed by atoms with E-state index in [4.69, 9.17) is 16.3 Å². The molecule has 2 rings (SSSR count). The minimum absolute atomic E-state index is 0.149. The molecule has 0 amide bonds. The zero-order valence-electron chi connectivity index (χ0n) is 11.9. The first kappa shape index (κ1) is 15.7. The highest BCUT2D eigenvalue weighted by Crippen LogP contribution is 2.37. The zero-order valence-corrected chi connectivity index (χ0v) is 13.5. The van der Waals surface area contributed by atoms with Crippen molar-refractivity contribution < 1.29 is 14.3 Å². The fraction of sp³-hybridized carbons (Fsp3) is 0.286. The average molecular weight is 327 g/mol. The predicted octanol–water partition coefficient (Wildman–Crippen LogP) is 3.08. The number of halogens is 1. The van der Waals surface area contributed by atoms with E-state index in [1.165, 1.54) is 18.9 Å². The van der Waals surface area contributed by atoms with Crippen LogP contribution in [0.2, 0.25) is 5.02 Å². The Hall–Kier alpha value is -1.66. The molecule has 5 nitrogen and oxygen atoms in total. The number of rotatable bonds is 5. The van der Waals surface area contributed by atoms with Crippen molar-refractivity contribution in [3.8, 4) is 5.88 Å². The Kier molecular flexibility index (Phi) is 5.14. The van der Waals surface area contributed by atoms with Gasteiger partial charge in [-0.15, -0.1) is 0 Å². The van der Waals surface area contributed by atoms with E-state index in [1.54, 1.807) is 11.7 Å². The van der Waals surface area contributed by atoms with Crippen molar-refractivity contribution in [2.45, 2.75) is 16.7 Å². The number of methoxy groups -OCH3 is 1. The van der Waals surface area contributed by atoms with Crippen molar-refractivity contribution in [3.05, 3.63) is 35.0 Å². The minimum Gasteiger partial charge on any atom is -0.466 e. The molecule has 0 atom stereocenters. The Morgan fingerprint density at radius 2 is 2.05 bits per heavy atom. The third-order valence-electron chi connectivity index (χ3n) is 2.70. The highest BCUT2D eigenvalue weighted by atomic mass is 35.5. The molecule has 0 bridgehead atoms. The van der Waals surface area contributed by atoms with Crippen LogP contribution in [0.3, 0.4) is 0 Å². The second-order valence-electron chi connectivity index (χ2n) is 4.26. The highest BCUT2D eigenvalue weighted by molar-refractivity contribution is 7.99. The van der Waals surface area contributed by atoms with Crippen LogP contribution in [0, 0.1) is 6.92 Å². The van der Waals surface area contributed by atoms with Gasteiger partial charge in [0.2, 0.25) is 5.88 Å². The first-order valence-corrected chi connectivity index (χ1v) is 7.37. The number of esters is 1. The maximum absolute atomic E-state index is 11.2. The fourth-order valence-electron chi connectivity index (χ4n) is 1.70. The highest BCUT2D eigenvalue weighted by Gasteiger charge is 2.17. The van der Waals surface area contributed by atoms with Gasteiger partial charge in [-0.1, -0.05) is 23.4 Å². The summed E-state index contributed by atoms with van der Waals surface area (Å²) in [6, 6.07) is 7.49. The van der Waals surface area contributed by atoms with Crippen molar-refractivity contribution in [3.63, 3.8) is 0 Å². The molecule has 0 unspecified atom stereocenters. The second-order valence-corrected chi connectivity index (χ2v) is 5.78. The van der Waals surface area contributed by atoms with Gasteiger partial charge in [0.25, 0.3) is 0 Å². The van der Waals surface area contributed by atoms with Gasteiger partial charge in [-0.25, -0.2) is 9.48 Å². The lowest BCUT2D eigenvalue weighted by molar-refractivity contribution is -0.143. The molecular weight excluding hydrogens is 312 g/mol. The fourth-order valence-corrected chi connectivity index (χ4v) is 2.80. The number of carbonyl (C=O) groups is 1. The molecule has 7 heteroatoms. The van der Waals surface area contributed by atoms with Gasteiger partial charge in [-0.2, -0.15) is 5.10 Å². The van der Waals surface area contributed by atoms with Crippen LogP contribution in [0.5, 0.6) is 5.88 Å². The van der Waals surface area contributed by atoms with Crippen LogP contribution in [0.15, 0.2) is 34.1 Å². The number of nitrogens with zero attached hydrogens (tertiary/aromatic N) is 2. The van der Waals surface area contributed by atoms with Crippen molar-refractivity contribution in [2.75, 3.05) is 13.7 Å². The van der Waals surface area contributed by atoms with Crippen molar-refractivity contribution in [2.24, 2.45) is 7.05 Å². The summed E-state index contributed by atoms with van der Waals surface area (Å²) >= 11 is 7.39. The Bertz CT molecular complexity index is 640. The van der Waals surface area contributed by atoms with Crippen LogP contribution in [-0.2, 0) is 16.6 Å². The smallest absolute Gasteiger partial charge is 0.343 e. The van der Waals surface area contributed by atoms with Gasteiger partial charge in [0, 0.05) is 17.0 Å².